The van der Waals surface area contributed by atoms with E-state index in [-0.39, 0.29) is 0 Å². The van der Waals surface area contributed by atoms with Gasteiger partial charge in [0.15, 0.2) is 0 Å². The quantitative estimate of drug-likeness (QED) is 0.725. The molecule has 1 heterocycles. The van der Waals surface area contributed by atoms with Gasteiger partial charge < -0.3 is 10.6 Å². The number of likely N-dealkylation sites (tertiary alicyclic amines) is 1. The molecule has 2 heteroatoms. The molecule has 0 saturated carbocycles. The van der Waals surface area contributed by atoms with Gasteiger partial charge in [-0.3, -0.25) is 0 Å². The van der Waals surface area contributed by atoms with Gasteiger partial charge in [-0.1, -0.05) is 26.2 Å². The Labute approximate surface area is 82.5 Å². The molecule has 1 fully saturated rings. The Morgan fingerprint density at radius 1 is 1.08 bits per heavy atom. The minimum absolute atomic E-state index is 0.666. The Morgan fingerprint density at radius 2 is 1.62 bits per heavy atom. The number of hydrogen-bond acceptors (Lipinski definition) is 2. The molecule has 0 aromatic heterocycles. The fraction of sp³-hybridized carbons (Fsp3) is 1.00. The van der Waals surface area contributed by atoms with Gasteiger partial charge in [0.05, 0.1) is 0 Å². The Morgan fingerprint density at radius 3 is 2.15 bits per heavy atom. The van der Waals surface area contributed by atoms with Crippen molar-refractivity contribution in [2.75, 3.05) is 26.2 Å². The molecule has 2 N–H and O–H groups in total. The predicted octanol–water partition coefficient (Wildman–Crippen LogP) is 1.85. The molecule has 0 spiro atoms. The fourth-order valence-electron chi connectivity index (χ4n) is 2.01. The van der Waals surface area contributed by atoms with E-state index < -0.39 is 0 Å². The average Bonchev–Trinajstić information content (AvgIpc) is 2.09. The second-order valence-corrected chi connectivity index (χ2v) is 4.41. The van der Waals surface area contributed by atoms with Crippen molar-refractivity contribution in [3.05, 3.63) is 0 Å². The van der Waals surface area contributed by atoms with Crippen molar-refractivity contribution in [1.82, 2.24) is 4.90 Å². The molecular formula is C11H24N2. The first-order valence-corrected chi connectivity index (χ1v) is 5.75. The Kier molecular flexibility index (Phi) is 5.40. The zero-order valence-electron chi connectivity index (χ0n) is 8.97. The average molecular weight is 184 g/mol. The summed E-state index contributed by atoms with van der Waals surface area (Å²) in [5.41, 5.74) is 5.63. The largest absolute Gasteiger partial charge is 0.330 e. The van der Waals surface area contributed by atoms with E-state index in [1.165, 1.54) is 51.7 Å². The van der Waals surface area contributed by atoms with Gasteiger partial charge in [-0.2, -0.15) is 0 Å². The van der Waals surface area contributed by atoms with E-state index in [2.05, 4.69) is 11.8 Å². The van der Waals surface area contributed by atoms with E-state index in [1.54, 1.807) is 0 Å². The smallest absolute Gasteiger partial charge is 0.00191 e. The van der Waals surface area contributed by atoms with Crippen LogP contribution in [0.4, 0.5) is 0 Å². The summed E-state index contributed by atoms with van der Waals surface area (Å²) in [6.07, 6.45) is 7.07. The summed E-state index contributed by atoms with van der Waals surface area (Å²) in [6, 6.07) is 0. The normalized spacial score (nSPS) is 23.5. The van der Waals surface area contributed by atoms with Crippen LogP contribution in [0.15, 0.2) is 0 Å². The number of nitrogens with two attached hydrogens (primary N) is 1. The highest BCUT2D eigenvalue weighted by molar-refractivity contribution is 4.66. The first-order chi connectivity index (χ1) is 6.33. The zero-order valence-corrected chi connectivity index (χ0v) is 8.97. The summed E-state index contributed by atoms with van der Waals surface area (Å²) < 4.78 is 0. The molecule has 1 saturated heterocycles. The summed E-state index contributed by atoms with van der Waals surface area (Å²) >= 11 is 0. The summed E-state index contributed by atoms with van der Waals surface area (Å²) in [5, 5.41) is 0. The molecule has 13 heavy (non-hydrogen) atoms. The van der Waals surface area contributed by atoms with E-state index in [0.717, 1.165) is 6.54 Å². The van der Waals surface area contributed by atoms with Crippen LogP contribution in [-0.2, 0) is 0 Å². The topological polar surface area (TPSA) is 29.3 Å². The van der Waals surface area contributed by atoms with Gasteiger partial charge in [0.1, 0.15) is 0 Å². The predicted molar refractivity (Wildman–Crippen MR) is 57.7 cm³/mol. The zero-order chi connectivity index (χ0) is 9.52. The van der Waals surface area contributed by atoms with Crippen molar-refractivity contribution in [3.8, 4) is 0 Å². The monoisotopic (exact) mass is 184 g/mol. The lowest BCUT2D eigenvalue weighted by atomic mass is 10.1. The summed E-state index contributed by atoms with van der Waals surface area (Å²) in [7, 11) is 0. The van der Waals surface area contributed by atoms with Crippen LogP contribution in [0.2, 0.25) is 0 Å². The molecule has 0 aromatic rings. The van der Waals surface area contributed by atoms with Gasteiger partial charge in [0.2, 0.25) is 0 Å². The van der Waals surface area contributed by atoms with E-state index in [4.69, 9.17) is 5.73 Å². The maximum Gasteiger partial charge on any atom is 0.00191 e. The van der Waals surface area contributed by atoms with Crippen molar-refractivity contribution in [1.29, 1.82) is 0 Å². The van der Waals surface area contributed by atoms with Crippen LogP contribution in [0, 0.1) is 5.92 Å². The third-order valence-corrected chi connectivity index (χ3v) is 2.92. The number of hydrogen-bond donors (Lipinski definition) is 1. The minimum atomic E-state index is 0.666. The second-order valence-electron chi connectivity index (χ2n) is 4.41. The molecule has 1 aliphatic heterocycles. The van der Waals surface area contributed by atoms with Crippen LogP contribution in [0.3, 0.4) is 0 Å². The van der Waals surface area contributed by atoms with Crippen molar-refractivity contribution < 1.29 is 0 Å². The third kappa shape index (κ3) is 4.63. The SMILES string of the molecule is CC(CN)CN1CCCCCCC1. The van der Waals surface area contributed by atoms with Crippen molar-refractivity contribution in [3.63, 3.8) is 0 Å². The van der Waals surface area contributed by atoms with Gasteiger partial charge in [-0.15, -0.1) is 0 Å². The molecule has 0 amide bonds. The first kappa shape index (κ1) is 11.0. The highest BCUT2D eigenvalue weighted by Gasteiger charge is 2.10. The molecule has 0 bridgehead atoms. The molecule has 0 aliphatic carbocycles. The van der Waals surface area contributed by atoms with E-state index in [9.17, 15) is 0 Å². The molecular weight excluding hydrogens is 160 g/mol. The maximum absolute atomic E-state index is 5.63. The van der Waals surface area contributed by atoms with E-state index in [0.29, 0.717) is 5.92 Å². The van der Waals surface area contributed by atoms with Gasteiger partial charge in [0, 0.05) is 6.54 Å². The standard InChI is InChI=1S/C11H24N2/c1-11(9-12)10-13-7-5-3-2-4-6-8-13/h11H,2-10,12H2,1H3. The number of rotatable bonds is 3. The summed E-state index contributed by atoms with van der Waals surface area (Å²) in [6.45, 7) is 6.88. The first-order valence-electron chi connectivity index (χ1n) is 5.75. The molecule has 0 aromatic carbocycles. The van der Waals surface area contributed by atoms with Crippen LogP contribution in [0.1, 0.15) is 39.0 Å². The fourth-order valence-corrected chi connectivity index (χ4v) is 2.01. The molecule has 1 aliphatic rings. The lowest BCUT2D eigenvalue weighted by Gasteiger charge is -2.26. The minimum Gasteiger partial charge on any atom is -0.330 e. The lowest BCUT2D eigenvalue weighted by Crippen LogP contribution is -2.33. The second kappa shape index (κ2) is 6.39. The van der Waals surface area contributed by atoms with Gasteiger partial charge >= 0.3 is 0 Å². The Hall–Kier alpha value is -0.0800. The molecule has 1 atom stereocenters. The van der Waals surface area contributed by atoms with Crippen LogP contribution in [-0.4, -0.2) is 31.1 Å². The third-order valence-electron chi connectivity index (χ3n) is 2.92. The summed E-state index contributed by atoms with van der Waals surface area (Å²) in [5.74, 6) is 0.666. The van der Waals surface area contributed by atoms with Crippen molar-refractivity contribution in [2.45, 2.75) is 39.0 Å². The van der Waals surface area contributed by atoms with Crippen molar-refractivity contribution in [2.24, 2.45) is 11.7 Å². The highest BCUT2D eigenvalue weighted by Crippen LogP contribution is 2.11. The Balaban J connectivity index is 2.21. The van der Waals surface area contributed by atoms with E-state index in [1.807, 2.05) is 0 Å². The maximum atomic E-state index is 5.63. The van der Waals surface area contributed by atoms with Crippen LogP contribution in [0.5, 0.6) is 0 Å². The molecule has 1 unspecified atom stereocenters. The molecule has 78 valence electrons. The van der Waals surface area contributed by atoms with E-state index >= 15 is 0 Å². The molecule has 0 radical (unpaired) electrons. The van der Waals surface area contributed by atoms with Crippen LogP contribution >= 0.6 is 0 Å². The Bertz CT molecular complexity index is 117. The van der Waals surface area contributed by atoms with Crippen LogP contribution in [0.25, 0.3) is 0 Å². The van der Waals surface area contributed by atoms with Gasteiger partial charge in [-0.25, -0.2) is 0 Å². The molecule has 2 nitrogen and oxygen atoms in total. The lowest BCUT2D eigenvalue weighted by molar-refractivity contribution is 0.219. The summed E-state index contributed by atoms with van der Waals surface area (Å²) in [4.78, 5) is 2.59. The highest BCUT2D eigenvalue weighted by atomic mass is 15.1. The van der Waals surface area contributed by atoms with Gasteiger partial charge in [0.25, 0.3) is 0 Å². The number of nitrogens with zero attached hydrogens (tertiary/aromatic N) is 1. The van der Waals surface area contributed by atoms with Crippen LogP contribution < -0.4 is 5.73 Å². The molecule has 1 rings (SSSR count). The van der Waals surface area contributed by atoms with Gasteiger partial charge in [-0.05, 0) is 38.4 Å². The van der Waals surface area contributed by atoms with Crippen molar-refractivity contribution >= 4 is 0 Å².